The summed E-state index contributed by atoms with van der Waals surface area (Å²) in [4.78, 5) is 0. The smallest absolute Gasteiger partial charge is 0.209 e. The Morgan fingerprint density at radius 2 is 2.03 bits per heavy atom. The maximum Gasteiger partial charge on any atom is 0.209 e. The molecule has 154 valence electrons. The number of tetrazole rings is 1. The largest absolute Gasteiger partial charge is 0.493 e. The highest BCUT2D eigenvalue weighted by Crippen LogP contribution is 2.34. The van der Waals surface area contributed by atoms with E-state index in [0.717, 1.165) is 33.1 Å². The molecule has 1 aromatic heterocycles. The summed E-state index contributed by atoms with van der Waals surface area (Å²) in [5.74, 6) is 2.20. The summed E-state index contributed by atoms with van der Waals surface area (Å²) in [7, 11) is 3.46. The highest BCUT2D eigenvalue weighted by atomic mass is 79.9. The molecular formula is C19H21BrClN5O2S. The summed E-state index contributed by atoms with van der Waals surface area (Å²) in [6, 6.07) is 11.5. The zero-order chi connectivity index (χ0) is 20.6. The molecule has 0 unspecified atom stereocenters. The molecule has 0 amide bonds. The average molecular weight is 499 g/mol. The topological polar surface area (TPSA) is 74.1 Å². The number of rotatable bonds is 10. The molecule has 1 heterocycles. The van der Waals surface area contributed by atoms with Gasteiger partial charge in [-0.1, -0.05) is 57.5 Å². The quantitative estimate of drug-likeness (QED) is 0.333. The Hall–Kier alpha value is -1.81. The van der Waals surface area contributed by atoms with Crippen molar-refractivity contribution in [2.24, 2.45) is 7.05 Å². The number of nitrogens with zero attached hydrogens (tertiary/aromatic N) is 4. The lowest BCUT2D eigenvalue weighted by Gasteiger charge is -2.15. The lowest BCUT2D eigenvalue weighted by Crippen LogP contribution is -2.17. The summed E-state index contributed by atoms with van der Waals surface area (Å²) >= 11 is 11.4. The minimum atomic E-state index is 0.369. The van der Waals surface area contributed by atoms with Crippen LogP contribution >= 0.6 is 39.3 Å². The van der Waals surface area contributed by atoms with E-state index < -0.39 is 0 Å². The van der Waals surface area contributed by atoms with Gasteiger partial charge in [0, 0.05) is 40.9 Å². The fourth-order valence-corrected chi connectivity index (χ4v) is 3.94. The van der Waals surface area contributed by atoms with Crippen molar-refractivity contribution in [2.75, 3.05) is 19.4 Å². The van der Waals surface area contributed by atoms with Crippen LogP contribution < -0.4 is 14.8 Å². The van der Waals surface area contributed by atoms with E-state index in [1.807, 2.05) is 43.4 Å². The summed E-state index contributed by atoms with van der Waals surface area (Å²) in [5, 5.41) is 16.3. The van der Waals surface area contributed by atoms with E-state index in [9.17, 15) is 0 Å². The summed E-state index contributed by atoms with van der Waals surface area (Å²) in [6.07, 6.45) is 0. The first-order valence-corrected chi connectivity index (χ1v) is 11.0. The maximum atomic E-state index is 6.20. The highest BCUT2D eigenvalue weighted by Gasteiger charge is 2.11. The zero-order valence-corrected chi connectivity index (χ0v) is 19.2. The van der Waals surface area contributed by atoms with Crippen molar-refractivity contribution in [3.05, 3.63) is 57.0 Å². The fourth-order valence-electron chi connectivity index (χ4n) is 2.54. The third-order valence-electron chi connectivity index (χ3n) is 4.08. The van der Waals surface area contributed by atoms with Crippen LogP contribution in [0.2, 0.25) is 5.02 Å². The lowest BCUT2D eigenvalue weighted by atomic mass is 10.2. The van der Waals surface area contributed by atoms with E-state index in [0.29, 0.717) is 29.7 Å². The molecule has 0 atom stereocenters. The number of thioether (sulfide) groups is 1. The van der Waals surface area contributed by atoms with E-state index in [4.69, 9.17) is 21.1 Å². The van der Waals surface area contributed by atoms with Crippen molar-refractivity contribution in [3.63, 3.8) is 0 Å². The first-order valence-electron chi connectivity index (χ1n) is 8.87. The minimum Gasteiger partial charge on any atom is -0.493 e. The standard InChI is InChI=1S/C19H21BrClN5O2S/c1-26-19(23-24-25-26)29-8-7-22-11-14-9-17(27-2)18(10-15(14)20)28-12-13-5-3-4-6-16(13)21/h3-6,9-10,22H,7-8,11-12H2,1-2H3. The van der Waals surface area contributed by atoms with Crippen molar-refractivity contribution < 1.29 is 9.47 Å². The molecule has 3 rings (SSSR count). The van der Waals surface area contributed by atoms with Gasteiger partial charge in [0.2, 0.25) is 5.16 Å². The van der Waals surface area contributed by atoms with Gasteiger partial charge in [-0.05, 0) is 34.2 Å². The highest BCUT2D eigenvalue weighted by molar-refractivity contribution is 9.10. The number of hydrogen-bond donors (Lipinski definition) is 1. The molecule has 10 heteroatoms. The number of benzene rings is 2. The number of nitrogens with one attached hydrogen (secondary N) is 1. The van der Waals surface area contributed by atoms with Gasteiger partial charge in [0.15, 0.2) is 11.5 Å². The van der Waals surface area contributed by atoms with Crippen LogP contribution in [0.5, 0.6) is 11.5 Å². The van der Waals surface area contributed by atoms with Crippen molar-refractivity contribution in [1.29, 1.82) is 0 Å². The molecule has 7 nitrogen and oxygen atoms in total. The normalized spacial score (nSPS) is 10.9. The molecule has 29 heavy (non-hydrogen) atoms. The third-order valence-corrected chi connectivity index (χ3v) is 6.20. The molecule has 0 radical (unpaired) electrons. The molecule has 3 aromatic rings. The Kier molecular flexibility index (Phi) is 8.17. The Morgan fingerprint density at radius 1 is 1.21 bits per heavy atom. The van der Waals surface area contributed by atoms with Crippen LogP contribution in [0.4, 0.5) is 0 Å². The number of halogens is 2. The van der Waals surface area contributed by atoms with Gasteiger partial charge in [-0.25, -0.2) is 4.68 Å². The SMILES string of the molecule is COc1cc(CNCCSc2nnnn2C)c(Br)cc1OCc1ccccc1Cl. The first kappa shape index (κ1) is 21.9. The maximum absolute atomic E-state index is 6.20. The van der Waals surface area contributed by atoms with Gasteiger partial charge in [-0.15, -0.1) is 5.10 Å². The van der Waals surface area contributed by atoms with Crippen molar-refractivity contribution in [2.45, 2.75) is 18.3 Å². The molecule has 0 saturated carbocycles. The van der Waals surface area contributed by atoms with E-state index in [1.165, 1.54) is 0 Å². The lowest BCUT2D eigenvalue weighted by molar-refractivity contribution is 0.284. The number of hydrogen-bond acceptors (Lipinski definition) is 7. The molecule has 0 bridgehead atoms. The summed E-state index contributed by atoms with van der Waals surface area (Å²) in [5.41, 5.74) is 2.01. The Balaban J connectivity index is 1.54. The van der Waals surface area contributed by atoms with Gasteiger partial charge >= 0.3 is 0 Å². The predicted octanol–water partition coefficient (Wildman–Crippen LogP) is 4.10. The van der Waals surface area contributed by atoms with Crippen LogP contribution in [0, 0.1) is 0 Å². The summed E-state index contributed by atoms with van der Waals surface area (Å²) < 4.78 is 14.1. The number of ether oxygens (including phenoxy) is 2. The van der Waals surface area contributed by atoms with E-state index >= 15 is 0 Å². The molecule has 0 aliphatic heterocycles. The number of aromatic nitrogens is 4. The zero-order valence-electron chi connectivity index (χ0n) is 16.1. The van der Waals surface area contributed by atoms with Crippen LogP contribution in [0.1, 0.15) is 11.1 Å². The van der Waals surface area contributed by atoms with E-state index in [-0.39, 0.29) is 0 Å². The second kappa shape index (κ2) is 10.8. The molecule has 2 aromatic carbocycles. The van der Waals surface area contributed by atoms with E-state index in [2.05, 4.69) is 36.8 Å². The summed E-state index contributed by atoms with van der Waals surface area (Å²) in [6.45, 7) is 1.88. The van der Waals surface area contributed by atoms with Crippen LogP contribution in [-0.4, -0.2) is 39.6 Å². The van der Waals surface area contributed by atoms with Gasteiger partial charge in [-0.2, -0.15) is 0 Å². The Labute approximate surface area is 187 Å². The fraction of sp³-hybridized carbons (Fsp3) is 0.316. The second-order valence-corrected chi connectivity index (χ2v) is 8.41. The van der Waals surface area contributed by atoms with E-state index in [1.54, 1.807) is 23.6 Å². The van der Waals surface area contributed by atoms with Crippen LogP contribution in [0.25, 0.3) is 0 Å². The molecule has 0 aliphatic carbocycles. The van der Waals surface area contributed by atoms with Crippen LogP contribution in [0.3, 0.4) is 0 Å². The third kappa shape index (κ3) is 6.08. The number of methoxy groups -OCH3 is 1. The van der Waals surface area contributed by atoms with Gasteiger partial charge < -0.3 is 14.8 Å². The molecule has 1 N–H and O–H groups in total. The van der Waals surface area contributed by atoms with Crippen molar-refractivity contribution >= 4 is 39.3 Å². The van der Waals surface area contributed by atoms with Crippen LogP contribution in [0.15, 0.2) is 46.0 Å². The number of aryl methyl sites for hydroxylation is 1. The minimum absolute atomic E-state index is 0.369. The Morgan fingerprint density at radius 3 is 2.76 bits per heavy atom. The molecular weight excluding hydrogens is 478 g/mol. The van der Waals surface area contributed by atoms with Crippen LogP contribution in [-0.2, 0) is 20.2 Å². The molecule has 0 fully saturated rings. The predicted molar refractivity (Wildman–Crippen MR) is 118 cm³/mol. The van der Waals surface area contributed by atoms with Crippen molar-refractivity contribution in [1.82, 2.24) is 25.5 Å². The van der Waals surface area contributed by atoms with Gasteiger partial charge in [-0.3, -0.25) is 0 Å². The second-order valence-electron chi connectivity index (χ2n) is 6.08. The van der Waals surface area contributed by atoms with Gasteiger partial charge in [0.25, 0.3) is 0 Å². The molecule has 0 saturated heterocycles. The van der Waals surface area contributed by atoms with Gasteiger partial charge in [0.1, 0.15) is 6.61 Å². The molecule has 0 spiro atoms. The average Bonchev–Trinajstić information content (AvgIpc) is 3.13. The first-order chi connectivity index (χ1) is 14.1. The van der Waals surface area contributed by atoms with Gasteiger partial charge in [0.05, 0.1) is 7.11 Å². The monoisotopic (exact) mass is 497 g/mol. The Bertz CT molecular complexity index is 956. The molecule has 0 aliphatic rings. The van der Waals surface area contributed by atoms with Crippen molar-refractivity contribution in [3.8, 4) is 11.5 Å².